The molecule has 0 aromatic carbocycles. The van der Waals surface area contributed by atoms with Crippen molar-refractivity contribution in [3.8, 4) is 5.75 Å². The van der Waals surface area contributed by atoms with Crippen LogP contribution >= 0.6 is 0 Å². The maximum Gasteiger partial charge on any atom is 0.270 e. The first-order valence-corrected chi connectivity index (χ1v) is 8.72. The van der Waals surface area contributed by atoms with E-state index in [1.807, 2.05) is 0 Å². The van der Waals surface area contributed by atoms with Crippen LogP contribution in [0, 0.1) is 5.92 Å². The van der Waals surface area contributed by atoms with Crippen molar-refractivity contribution in [2.45, 2.75) is 32.2 Å². The molecule has 8 heteroatoms. The number of amides is 1. The van der Waals surface area contributed by atoms with Crippen LogP contribution in [0.2, 0.25) is 0 Å². The highest BCUT2D eigenvalue weighted by atomic mass is 16.5. The number of methoxy groups -OCH3 is 1. The predicted molar refractivity (Wildman–Crippen MR) is 93.3 cm³/mol. The second kappa shape index (κ2) is 6.44. The van der Waals surface area contributed by atoms with Crippen LogP contribution in [0.5, 0.6) is 5.75 Å². The summed E-state index contributed by atoms with van der Waals surface area (Å²) in [5.74, 6) is 1.18. The van der Waals surface area contributed by atoms with Crippen molar-refractivity contribution in [2.75, 3.05) is 13.7 Å². The van der Waals surface area contributed by atoms with E-state index in [2.05, 4.69) is 15.0 Å². The average molecular weight is 356 g/mol. The number of nitrogens with one attached hydrogen (secondary N) is 2. The number of carbonyl (C=O) groups is 1. The Morgan fingerprint density at radius 3 is 2.88 bits per heavy atom. The van der Waals surface area contributed by atoms with E-state index in [4.69, 9.17) is 4.74 Å². The van der Waals surface area contributed by atoms with Gasteiger partial charge >= 0.3 is 0 Å². The number of pyridine rings is 1. The Hall–Kier alpha value is -2.90. The standard InChI is InChI=1S/C18H20N4O4/c1-26-15-8-19-12(7-14(15)23)18(25)22-5-4-11-13(9-22)20-16(21-17(11)24)6-10-2-3-10/h7-8,10H,2-6,9H2,1H3,(H,19,23)(H,20,21,24). The number of H-pyrrole nitrogens is 2. The van der Waals surface area contributed by atoms with Crippen LogP contribution in [-0.4, -0.2) is 39.4 Å². The average Bonchev–Trinajstić information content (AvgIpc) is 3.44. The van der Waals surface area contributed by atoms with Crippen molar-refractivity contribution in [1.29, 1.82) is 0 Å². The lowest BCUT2D eigenvalue weighted by atomic mass is 10.1. The summed E-state index contributed by atoms with van der Waals surface area (Å²) in [6.45, 7) is 0.677. The van der Waals surface area contributed by atoms with Gasteiger partial charge in [0.2, 0.25) is 5.43 Å². The van der Waals surface area contributed by atoms with Crippen LogP contribution in [0.1, 0.15) is 40.4 Å². The lowest BCUT2D eigenvalue weighted by molar-refractivity contribution is 0.0725. The molecule has 136 valence electrons. The highest BCUT2D eigenvalue weighted by Crippen LogP contribution is 2.31. The minimum absolute atomic E-state index is 0.101. The summed E-state index contributed by atoms with van der Waals surface area (Å²) in [6.07, 6.45) is 4.96. The van der Waals surface area contributed by atoms with Gasteiger partial charge < -0.3 is 19.6 Å². The van der Waals surface area contributed by atoms with Crippen LogP contribution in [0.15, 0.2) is 21.9 Å². The number of hydrogen-bond donors (Lipinski definition) is 2. The third-order valence-electron chi connectivity index (χ3n) is 4.92. The van der Waals surface area contributed by atoms with Gasteiger partial charge in [-0.1, -0.05) is 0 Å². The Bertz CT molecular complexity index is 974. The molecule has 3 heterocycles. The maximum atomic E-state index is 12.7. The quantitative estimate of drug-likeness (QED) is 0.835. The molecule has 26 heavy (non-hydrogen) atoms. The molecule has 0 saturated heterocycles. The fraction of sp³-hybridized carbons (Fsp3) is 0.444. The van der Waals surface area contributed by atoms with E-state index in [0.717, 1.165) is 6.42 Å². The molecule has 2 aliphatic rings. The van der Waals surface area contributed by atoms with Crippen molar-refractivity contribution in [1.82, 2.24) is 19.9 Å². The summed E-state index contributed by atoms with van der Waals surface area (Å²) in [6, 6.07) is 1.24. The van der Waals surface area contributed by atoms with Gasteiger partial charge in [0.05, 0.1) is 19.3 Å². The van der Waals surface area contributed by atoms with E-state index >= 15 is 0 Å². The molecule has 1 aliphatic carbocycles. The first-order chi connectivity index (χ1) is 12.5. The number of fused-ring (bicyclic) bond motifs is 1. The van der Waals surface area contributed by atoms with Gasteiger partial charge in [0.25, 0.3) is 11.5 Å². The van der Waals surface area contributed by atoms with Gasteiger partial charge in [0, 0.05) is 30.8 Å². The van der Waals surface area contributed by atoms with Gasteiger partial charge in [0.15, 0.2) is 5.75 Å². The third kappa shape index (κ3) is 3.14. The summed E-state index contributed by atoms with van der Waals surface area (Å²) in [7, 11) is 1.40. The molecule has 0 spiro atoms. The van der Waals surface area contributed by atoms with Crippen molar-refractivity contribution >= 4 is 5.91 Å². The number of aromatic amines is 2. The van der Waals surface area contributed by atoms with Crippen LogP contribution in [0.25, 0.3) is 0 Å². The minimum Gasteiger partial charge on any atom is -0.491 e. The van der Waals surface area contributed by atoms with Crippen LogP contribution in [0.4, 0.5) is 0 Å². The third-order valence-corrected chi connectivity index (χ3v) is 4.92. The molecule has 1 saturated carbocycles. The molecule has 1 amide bonds. The van der Waals surface area contributed by atoms with Gasteiger partial charge in [-0.25, -0.2) is 4.98 Å². The zero-order valence-electron chi connectivity index (χ0n) is 14.5. The SMILES string of the molecule is COc1c[nH]c(C(=O)N2CCc3c(nc(CC4CC4)[nH]c3=O)C2)cc1=O. The molecule has 2 N–H and O–H groups in total. The maximum absolute atomic E-state index is 12.7. The van der Waals surface area contributed by atoms with Gasteiger partial charge in [0.1, 0.15) is 11.5 Å². The molecule has 8 nitrogen and oxygen atoms in total. The van der Waals surface area contributed by atoms with Gasteiger partial charge in [-0.2, -0.15) is 0 Å². The van der Waals surface area contributed by atoms with Crippen molar-refractivity contribution in [3.05, 3.63) is 55.6 Å². The topological polar surface area (TPSA) is 108 Å². The van der Waals surface area contributed by atoms with E-state index in [1.54, 1.807) is 4.90 Å². The van der Waals surface area contributed by atoms with Gasteiger partial charge in [-0.05, 0) is 25.2 Å². The van der Waals surface area contributed by atoms with E-state index in [-0.39, 0.29) is 34.9 Å². The summed E-state index contributed by atoms with van der Waals surface area (Å²) in [5, 5.41) is 0. The fourth-order valence-corrected chi connectivity index (χ4v) is 3.27. The number of carbonyl (C=O) groups excluding carboxylic acids is 1. The largest absolute Gasteiger partial charge is 0.491 e. The molecule has 4 rings (SSSR count). The normalized spacial score (nSPS) is 16.3. The Morgan fingerprint density at radius 1 is 1.38 bits per heavy atom. The molecule has 1 aliphatic heterocycles. The molecule has 0 radical (unpaired) electrons. The van der Waals surface area contributed by atoms with E-state index in [9.17, 15) is 14.4 Å². The van der Waals surface area contributed by atoms with Crippen molar-refractivity contribution in [3.63, 3.8) is 0 Å². The van der Waals surface area contributed by atoms with E-state index < -0.39 is 0 Å². The smallest absolute Gasteiger partial charge is 0.270 e. The molecular weight excluding hydrogens is 336 g/mol. The summed E-state index contributed by atoms with van der Waals surface area (Å²) < 4.78 is 4.92. The van der Waals surface area contributed by atoms with Crippen LogP contribution in [-0.2, 0) is 19.4 Å². The van der Waals surface area contributed by atoms with Gasteiger partial charge in [-0.15, -0.1) is 0 Å². The number of nitrogens with zero attached hydrogens (tertiary/aromatic N) is 2. The Kier molecular flexibility index (Phi) is 4.10. The van der Waals surface area contributed by atoms with E-state index in [0.29, 0.717) is 36.0 Å². The number of aromatic nitrogens is 3. The molecule has 0 unspecified atom stereocenters. The van der Waals surface area contributed by atoms with Crippen LogP contribution < -0.4 is 15.7 Å². The minimum atomic E-state index is -0.353. The monoisotopic (exact) mass is 356 g/mol. The summed E-state index contributed by atoms with van der Waals surface area (Å²) in [5.41, 5.74) is 1.04. The van der Waals surface area contributed by atoms with E-state index in [1.165, 1.54) is 32.2 Å². The second-order valence-corrected chi connectivity index (χ2v) is 6.84. The first kappa shape index (κ1) is 16.6. The molecule has 1 fully saturated rings. The lowest BCUT2D eigenvalue weighted by Gasteiger charge is -2.27. The highest BCUT2D eigenvalue weighted by Gasteiger charge is 2.27. The zero-order chi connectivity index (χ0) is 18.3. The summed E-state index contributed by atoms with van der Waals surface area (Å²) >= 11 is 0. The predicted octanol–water partition coefficient (Wildman–Crippen LogP) is 0.618. The summed E-state index contributed by atoms with van der Waals surface area (Å²) in [4.78, 5) is 48.8. The van der Waals surface area contributed by atoms with Crippen molar-refractivity contribution in [2.24, 2.45) is 5.92 Å². The Morgan fingerprint density at radius 2 is 2.19 bits per heavy atom. The lowest BCUT2D eigenvalue weighted by Crippen LogP contribution is -2.40. The highest BCUT2D eigenvalue weighted by molar-refractivity contribution is 5.92. The molecule has 0 bridgehead atoms. The number of hydrogen-bond acceptors (Lipinski definition) is 5. The van der Waals surface area contributed by atoms with Crippen LogP contribution in [0.3, 0.4) is 0 Å². The fourth-order valence-electron chi connectivity index (χ4n) is 3.27. The second-order valence-electron chi connectivity index (χ2n) is 6.84. The first-order valence-electron chi connectivity index (χ1n) is 8.72. The molecular formula is C18H20N4O4. The van der Waals surface area contributed by atoms with Gasteiger partial charge in [-0.3, -0.25) is 14.4 Å². The number of rotatable bonds is 4. The molecule has 0 atom stereocenters. The Balaban J connectivity index is 1.58. The number of ether oxygens (including phenoxy) is 1. The zero-order valence-corrected chi connectivity index (χ0v) is 14.5. The Labute approximate surface area is 149 Å². The molecule has 2 aromatic heterocycles. The van der Waals surface area contributed by atoms with Crippen molar-refractivity contribution < 1.29 is 9.53 Å². The molecule has 2 aromatic rings.